The smallest absolute Gasteiger partial charge is 0.335 e. The number of nitro groups is 1. The Bertz CT molecular complexity index is 760. The van der Waals surface area contributed by atoms with Gasteiger partial charge in [-0.1, -0.05) is 5.16 Å². The Labute approximate surface area is 136 Å². The number of nitro benzene ring substituents is 1. The number of carbonyl (C=O) groups is 2. The van der Waals surface area contributed by atoms with E-state index in [4.69, 9.17) is 9.63 Å². The Morgan fingerprint density at radius 2 is 1.96 bits per heavy atom. The highest BCUT2D eigenvalue weighted by Crippen LogP contribution is 2.18. The van der Waals surface area contributed by atoms with Crippen molar-refractivity contribution in [2.75, 3.05) is 6.54 Å². The number of aromatic carboxylic acids is 1. The van der Waals surface area contributed by atoms with Crippen LogP contribution < -0.4 is 5.32 Å². The monoisotopic (exact) mass is 333 g/mol. The van der Waals surface area contributed by atoms with E-state index < -0.39 is 22.5 Å². The Balaban J connectivity index is 2.11. The van der Waals surface area contributed by atoms with E-state index in [1.165, 1.54) is 0 Å². The largest absolute Gasteiger partial charge is 0.478 e. The van der Waals surface area contributed by atoms with Crippen molar-refractivity contribution < 1.29 is 24.1 Å². The van der Waals surface area contributed by atoms with E-state index in [-0.39, 0.29) is 17.7 Å². The number of carboxylic acid groups (broad SMARTS) is 1. The fraction of sp³-hybridized carbons (Fsp3) is 0.267. The van der Waals surface area contributed by atoms with Crippen molar-refractivity contribution in [3.05, 3.63) is 56.5 Å². The molecule has 2 rings (SSSR count). The summed E-state index contributed by atoms with van der Waals surface area (Å²) in [5.74, 6) is -1.28. The second-order valence-electron chi connectivity index (χ2n) is 5.14. The van der Waals surface area contributed by atoms with Crippen LogP contribution in [0.3, 0.4) is 0 Å². The Morgan fingerprint density at radius 3 is 2.50 bits per heavy atom. The minimum Gasteiger partial charge on any atom is -0.478 e. The number of amides is 1. The summed E-state index contributed by atoms with van der Waals surface area (Å²) in [7, 11) is 0. The lowest BCUT2D eigenvalue weighted by atomic mass is 10.1. The zero-order valence-corrected chi connectivity index (χ0v) is 13.0. The maximum atomic E-state index is 12.1. The second-order valence-corrected chi connectivity index (χ2v) is 5.14. The molecule has 0 bridgehead atoms. The maximum absolute atomic E-state index is 12.1. The number of carbonyl (C=O) groups excluding carboxylic acids is 1. The van der Waals surface area contributed by atoms with Gasteiger partial charge in [0.2, 0.25) is 0 Å². The molecule has 1 aromatic heterocycles. The van der Waals surface area contributed by atoms with Gasteiger partial charge in [-0.05, 0) is 26.3 Å². The number of aromatic nitrogens is 1. The van der Waals surface area contributed by atoms with Gasteiger partial charge in [-0.2, -0.15) is 0 Å². The van der Waals surface area contributed by atoms with E-state index in [1.54, 1.807) is 13.8 Å². The molecule has 2 aromatic rings. The quantitative estimate of drug-likeness (QED) is 0.608. The zero-order valence-electron chi connectivity index (χ0n) is 13.0. The first kappa shape index (κ1) is 17.1. The molecule has 24 heavy (non-hydrogen) atoms. The molecule has 2 N–H and O–H groups in total. The first-order chi connectivity index (χ1) is 11.3. The van der Waals surface area contributed by atoms with Crippen molar-refractivity contribution in [1.29, 1.82) is 0 Å². The van der Waals surface area contributed by atoms with E-state index in [0.29, 0.717) is 12.2 Å². The molecule has 0 saturated carbocycles. The highest BCUT2D eigenvalue weighted by atomic mass is 16.6. The van der Waals surface area contributed by atoms with Crippen molar-refractivity contribution in [3.8, 4) is 0 Å². The molecule has 0 aliphatic rings. The van der Waals surface area contributed by atoms with Crippen LogP contribution in [0.15, 0.2) is 22.7 Å². The molecule has 9 nitrogen and oxygen atoms in total. The summed E-state index contributed by atoms with van der Waals surface area (Å²) in [6, 6.07) is 3.04. The lowest BCUT2D eigenvalue weighted by molar-refractivity contribution is -0.384. The van der Waals surface area contributed by atoms with Gasteiger partial charge in [0.05, 0.1) is 16.2 Å². The molecule has 1 amide bonds. The highest BCUT2D eigenvalue weighted by molar-refractivity contribution is 5.98. The first-order valence-corrected chi connectivity index (χ1v) is 7.02. The summed E-state index contributed by atoms with van der Waals surface area (Å²) in [6.45, 7) is 3.80. The van der Waals surface area contributed by atoms with Gasteiger partial charge < -0.3 is 14.9 Å². The van der Waals surface area contributed by atoms with Crippen molar-refractivity contribution in [2.24, 2.45) is 0 Å². The molecule has 0 unspecified atom stereocenters. The predicted molar refractivity (Wildman–Crippen MR) is 82.1 cm³/mol. The number of nitrogens with one attached hydrogen (secondary N) is 1. The molecular weight excluding hydrogens is 318 g/mol. The minimum absolute atomic E-state index is 0.0830. The first-order valence-electron chi connectivity index (χ1n) is 7.02. The minimum atomic E-state index is -1.34. The lowest BCUT2D eigenvalue weighted by Crippen LogP contribution is -2.26. The van der Waals surface area contributed by atoms with E-state index in [0.717, 1.165) is 29.5 Å². The van der Waals surface area contributed by atoms with E-state index >= 15 is 0 Å². The lowest BCUT2D eigenvalue weighted by Gasteiger charge is -2.06. The third-order valence-corrected chi connectivity index (χ3v) is 3.48. The van der Waals surface area contributed by atoms with Crippen LogP contribution in [0.1, 0.15) is 37.7 Å². The molecule has 0 aliphatic carbocycles. The van der Waals surface area contributed by atoms with Crippen LogP contribution in [0.5, 0.6) is 0 Å². The number of carboxylic acids is 1. The van der Waals surface area contributed by atoms with Gasteiger partial charge in [0.25, 0.3) is 11.6 Å². The van der Waals surface area contributed by atoms with Gasteiger partial charge in [0.1, 0.15) is 5.76 Å². The summed E-state index contributed by atoms with van der Waals surface area (Å²) >= 11 is 0. The summed E-state index contributed by atoms with van der Waals surface area (Å²) in [6.07, 6.45) is 0.480. The van der Waals surface area contributed by atoms with E-state index in [2.05, 4.69) is 10.5 Å². The maximum Gasteiger partial charge on any atom is 0.335 e. The number of hydrogen-bond acceptors (Lipinski definition) is 6. The SMILES string of the molecule is Cc1noc(C)c1CCNC(=O)c1cc(C(=O)O)cc([N+](=O)[O-])c1. The number of hydrogen-bond donors (Lipinski definition) is 2. The van der Waals surface area contributed by atoms with Crippen molar-refractivity contribution >= 4 is 17.6 Å². The molecule has 0 aliphatic heterocycles. The van der Waals surface area contributed by atoms with Gasteiger partial charge in [-0.15, -0.1) is 0 Å². The van der Waals surface area contributed by atoms with Crippen LogP contribution >= 0.6 is 0 Å². The summed E-state index contributed by atoms with van der Waals surface area (Å²) < 4.78 is 5.02. The van der Waals surface area contributed by atoms with Gasteiger partial charge in [0, 0.05) is 29.8 Å². The van der Waals surface area contributed by atoms with Crippen LogP contribution in [0.4, 0.5) is 5.69 Å². The Hall–Kier alpha value is -3.23. The molecule has 0 spiro atoms. The van der Waals surface area contributed by atoms with Gasteiger partial charge in [-0.3, -0.25) is 14.9 Å². The van der Waals surface area contributed by atoms with Crippen molar-refractivity contribution in [2.45, 2.75) is 20.3 Å². The molecule has 126 valence electrons. The Morgan fingerprint density at radius 1 is 1.29 bits per heavy atom. The predicted octanol–water partition coefficient (Wildman–Crippen LogP) is 1.87. The summed E-state index contributed by atoms with van der Waals surface area (Å²) in [5.41, 5.74) is 0.747. The summed E-state index contributed by atoms with van der Waals surface area (Å²) in [5, 5.41) is 26.3. The van der Waals surface area contributed by atoms with Crippen molar-refractivity contribution in [1.82, 2.24) is 10.5 Å². The van der Waals surface area contributed by atoms with Crippen LogP contribution in [0.25, 0.3) is 0 Å². The van der Waals surface area contributed by atoms with E-state index in [1.807, 2.05) is 0 Å². The fourth-order valence-corrected chi connectivity index (χ4v) is 2.23. The van der Waals surface area contributed by atoms with Crippen LogP contribution in [0.2, 0.25) is 0 Å². The topological polar surface area (TPSA) is 136 Å². The van der Waals surface area contributed by atoms with Crippen LogP contribution in [-0.4, -0.2) is 33.6 Å². The fourth-order valence-electron chi connectivity index (χ4n) is 2.23. The number of nitrogens with zero attached hydrogens (tertiary/aromatic N) is 2. The van der Waals surface area contributed by atoms with Crippen LogP contribution in [0, 0.1) is 24.0 Å². The third-order valence-electron chi connectivity index (χ3n) is 3.48. The molecule has 0 fully saturated rings. The third kappa shape index (κ3) is 3.75. The van der Waals surface area contributed by atoms with Gasteiger partial charge in [0.15, 0.2) is 0 Å². The molecule has 1 aromatic carbocycles. The average molecular weight is 333 g/mol. The standard InChI is InChI=1S/C15H15N3O6/c1-8-13(9(2)24-17-8)3-4-16-14(19)10-5-11(15(20)21)7-12(6-10)18(22)23/h5-7H,3-4H2,1-2H3,(H,16,19)(H,20,21). The molecule has 0 atom stereocenters. The van der Waals surface area contributed by atoms with Gasteiger partial charge >= 0.3 is 5.97 Å². The number of non-ortho nitro benzene ring substituents is 1. The Kier molecular flexibility index (Phi) is 4.93. The molecule has 0 radical (unpaired) electrons. The second kappa shape index (κ2) is 6.90. The van der Waals surface area contributed by atoms with Crippen LogP contribution in [-0.2, 0) is 6.42 Å². The summed E-state index contributed by atoms with van der Waals surface area (Å²) in [4.78, 5) is 33.3. The molecule has 0 saturated heterocycles. The number of benzene rings is 1. The van der Waals surface area contributed by atoms with E-state index in [9.17, 15) is 19.7 Å². The number of aryl methyl sites for hydroxylation is 2. The molecular formula is C15H15N3O6. The molecule has 9 heteroatoms. The normalized spacial score (nSPS) is 10.4. The number of rotatable bonds is 6. The zero-order chi connectivity index (χ0) is 17.9. The highest BCUT2D eigenvalue weighted by Gasteiger charge is 2.17. The molecule has 1 heterocycles. The van der Waals surface area contributed by atoms with Crippen molar-refractivity contribution in [3.63, 3.8) is 0 Å². The average Bonchev–Trinajstić information content (AvgIpc) is 2.86. The van der Waals surface area contributed by atoms with Gasteiger partial charge in [-0.25, -0.2) is 4.79 Å².